The Hall–Kier alpha value is -1.84. The molecule has 0 atom stereocenters. The molecule has 6 heteroatoms. The standard InChI is InChI=1S/C26H37NO4S/c1-17-6-8-18(9-7-17)24(29)27(19-10-12-20(28)13-11-19)22-16-21(14-15-26(2,3)4)32-23(22)25(30)31-5/h16-20,28H,6-13H2,1-5H3/i12D2,13D2,20D. The van der Waals surface area contributed by atoms with Gasteiger partial charge in [0, 0.05) is 22.9 Å². The van der Waals surface area contributed by atoms with Crippen LogP contribution in [0.25, 0.3) is 0 Å². The van der Waals surface area contributed by atoms with Gasteiger partial charge in [-0.25, -0.2) is 4.79 Å². The second-order valence-electron chi connectivity index (χ2n) is 9.75. The summed E-state index contributed by atoms with van der Waals surface area (Å²) in [5.74, 6) is 5.32. The Labute approximate surface area is 203 Å². The van der Waals surface area contributed by atoms with Crippen LogP contribution in [0.4, 0.5) is 5.69 Å². The number of nitrogens with zero attached hydrogens (tertiary/aromatic N) is 1. The van der Waals surface area contributed by atoms with E-state index in [0.29, 0.717) is 23.6 Å². The number of ether oxygens (including phenoxy) is 1. The number of aliphatic hydroxyl groups is 1. The maximum absolute atomic E-state index is 14.1. The molecular formula is C26H37NO4S. The van der Waals surface area contributed by atoms with Crippen LogP contribution in [0, 0.1) is 29.1 Å². The molecule has 0 radical (unpaired) electrons. The number of thiophene rings is 1. The zero-order valence-electron chi connectivity index (χ0n) is 24.6. The second kappa shape index (κ2) is 10.4. The van der Waals surface area contributed by atoms with E-state index in [2.05, 4.69) is 18.8 Å². The second-order valence-corrected chi connectivity index (χ2v) is 10.8. The molecule has 1 aromatic rings. The van der Waals surface area contributed by atoms with Crippen molar-refractivity contribution in [2.75, 3.05) is 12.0 Å². The summed E-state index contributed by atoms with van der Waals surface area (Å²) in [6, 6.07) is 0.593. The third-order valence-electron chi connectivity index (χ3n) is 5.88. The predicted octanol–water partition coefficient (Wildman–Crippen LogP) is 5.40. The Morgan fingerprint density at radius 3 is 2.41 bits per heavy atom. The molecular weight excluding hydrogens is 422 g/mol. The molecule has 176 valence electrons. The van der Waals surface area contributed by atoms with E-state index in [4.69, 9.17) is 11.6 Å². The topological polar surface area (TPSA) is 66.8 Å². The van der Waals surface area contributed by atoms with E-state index in [-0.39, 0.29) is 27.8 Å². The summed E-state index contributed by atoms with van der Waals surface area (Å²) in [6.07, 6.45) is -6.20. The lowest BCUT2D eigenvalue weighted by molar-refractivity contribution is -0.124. The van der Waals surface area contributed by atoms with Gasteiger partial charge in [-0.3, -0.25) is 4.79 Å². The van der Waals surface area contributed by atoms with Gasteiger partial charge in [0.15, 0.2) is 0 Å². The van der Waals surface area contributed by atoms with Crippen molar-refractivity contribution in [3.05, 3.63) is 15.8 Å². The Morgan fingerprint density at radius 2 is 1.84 bits per heavy atom. The molecule has 32 heavy (non-hydrogen) atoms. The van der Waals surface area contributed by atoms with E-state index in [1.54, 1.807) is 6.07 Å². The zero-order chi connectivity index (χ0) is 28.0. The van der Waals surface area contributed by atoms with E-state index in [9.17, 15) is 14.7 Å². The number of hydrogen-bond acceptors (Lipinski definition) is 5. The first-order chi connectivity index (χ1) is 16.9. The van der Waals surface area contributed by atoms with Crippen LogP contribution in [0.1, 0.15) is 100 Å². The molecule has 0 bridgehead atoms. The largest absolute Gasteiger partial charge is 0.465 e. The minimum atomic E-state index is -2.99. The number of esters is 1. The van der Waals surface area contributed by atoms with Gasteiger partial charge < -0.3 is 14.7 Å². The first-order valence-electron chi connectivity index (χ1n) is 13.7. The van der Waals surface area contributed by atoms with Crippen LogP contribution in [-0.4, -0.2) is 36.2 Å². The maximum Gasteiger partial charge on any atom is 0.350 e. The number of carbonyl (C=O) groups excluding carboxylic acids is 2. The number of carbonyl (C=O) groups is 2. The first-order valence-corrected chi connectivity index (χ1v) is 12.0. The van der Waals surface area contributed by atoms with Gasteiger partial charge in [0.05, 0.1) is 25.1 Å². The van der Waals surface area contributed by atoms with Gasteiger partial charge in [0.25, 0.3) is 0 Å². The minimum absolute atomic E-state index is 0.131. The van der Waals surface area contributed by atoms with Crippen molar-refractivity contribution >= 4 is 28.9 Å². The van der Waals surface area contributed by atoms with Crippen molar-refractivity contribution < 1.29 is 26.3 Å². The lowest BCUT2D eigenvalue weighted by atomic mass is 9.81. The molecule has 5 nitrogen and oxygen atoms in total. The smallest absolute Gasteiger partial charge is 0.350 e. The highest BCUT2D eigenvalue weighted by Gasteiger charge is 2.37. The van der Waals surface area contributed by atoms with E-state index < -0.39 is 43.7 Å². The fourth-order valence-electron chi connectivity index (χ4n) is 4.06. The van der Waals surface area contributed by atoms with Gasteiger partial charge in [0.2, 0.25) is 5.91 Å². The van der Waals surface area contributed by atoms with Crippen LogP contribution in [0.5, 0.6) is 0 Å². The molecule has 1 N–H and O–H groups in total. The highest BCUT2D eigenvalue weighted by molar-refractivity contribution is 7.15. The maximum atomic E-state index is 14.1. The molecule has 2 aliphatic carbocycles. The lowest BCUT2D eigenvalue weighted by Gasteiger charge is -2.38. The molecule has 1 aromatic heterocycles. The van der Waals surface area contributed by atoms with Gasteiger partial charge in [-0.05, 0) is 84.0 Å². The third-order valence-corrected chi connectivity index (χ3v) is 6.90. The van der Waals surface area contributed by atoms with Crippen molar-refractivity contribution in [2.24, 2.45) is 17.3 Å². The number of anilines is 1. The fraction of sp³-hybridized carbons (Fsp3) is 0.692. The lowest BCUT2D eigenvalue weighted by Crippen LogP contribution is -2.47. The summed E-state index contributed by atoms with van der Waals surface area (Å²) in [5.41, 5.74) is -0.0940. The Morgan fingerprint density at radius 1 is 1.22 bits per heavy atom. The summed E-state index contributed by atoms with van der Waals surface area (Å²) in [5, 5.41) is 10.5. The number of hydrogen-bond donors (Lipinski definition) is 1. The van der Waals surface area contributed by atoms with Crippen LogP contribution >= 0.6 is 11.3 Å². The van der Waals surface area contributed by atoms with Crippen molar-refractivity contribution in [2.45, 2.75) is 91.1 Å². The van der Waals surface area contributed by atoms with Gasteiger partial charge in [-0.2, -0.15) is 0 Å². The first kappa shape index (κ1) is 18.6. The Kier molecular flexibility index (Phi) is 6.03. The van der Waals surface area contributed by atoms with Crippen molar-refractivity contribution in [1.29, 1.82) is 0 Å². The summed E-state index contributed by atoms with van der Waals surface area (Å²) in [4.78, 5) is 28.9. The normalized spacial score (nSPS) is 33.8. The van der Waals surface area contributed by atoms with Crippen LogP contribution in [0.2, 0.25) is 0 Å². The van der Waals surface area contributed by atoms with Crippen molar-refractivity contribution in [1.82, 2.24) is 0 Å². The molecule has 2 aliphatic rings. The number of methoxy groups -OCH3 is 1. The quantitative estimate of drug-likeness (QED) is 0.479. The molecule has 2 saturated carbocycles. The van der Waals surface area contributed by atoms with Gasteiger partial charge in [-0.15, -0.1) is 11.3 Å². The summed E-state index contributed by atoms with van der Waals surface area (Å²) in [7, 11) is 1.24. The zero-order valence-corrected chi connectivity index (χ0v) is 20.4. The monoisotopic (exact) mass is 464 g/mol. The van der Waals surface area contributed by atoms with Crippen LogP contribution < -0.4 is 4.90 Å². The van der Waals surface area contributed by atoms with E-state index in [1.165, 1.54) is 12.0 Å². The molecule has 2 fully saturated rings. The minimum Gasteiger partial charge on any atom is -0.465 e. The third kappa shape index (κ3) is 6.14. The summed E-state index contributed by atoms with van der Waals surface area (Å²) < 4.78 is 46.4. The number of amides is 1. The Bertz CT molecular complexity index is 1070. The molecule has 0 unspecified atom stereocenters. The van der Waals surface area contributed by atoms with Crippen LogP contribution in [0.3, 0.4) is 0 Å². The molecule has 0 aliphatic heterocycles. The van der Waals surface area contributed by atoms with Crippen molar-refractivity contribution in [3.8, 4) is 11.8 Å². The highest BCUT2D eigenvalue weighted by Crippen LogP contribution is 2.39. The van der Waals surface area contributed by atoms with Gasteiger partial charge >= 0.3 is 5.97 Å². The van der Waals surface area contributed by atoms with Crippen molar-refractivity contribution in [3.63, 3.8) is 0 Å². The molecule has 3 rings (SSSR count). The Balaban J connectivity index is 2.16. The highest BCUT2D eigenvalue weighted by atomic mass is 32.1. The fourth-order valence-corrected chi connectivity index (χ4v) is 4.98. The summed E-state index contributed by atoms with van der Waals surface area (Å²) in [6.45, 7) is 7.98. The molecule has 1 heterocycles. The van der Waals surface area contributed by atoms with Crippen LogP contribution in [-0.2, 0) is 9.53 Å². The van der Waals surface area contributed by atoms with E-state index in [0.717, 1.165) is 24.2 Å². The number of rotatable bonds is 4. The predicted molar refractivity (Wildman–Crippen MR) is 129 cm³/mol. The van der Waals surface area contributed by atoms with E-state index in [1.807, 2.05) is 20.8 Å². The SMILES string of the molecule is [2H]C1([2H])CC(N(C(=O)C2CCC(C)CC2)c2cc(C#CC(C)(C)C)sc2C(=O)OC)CC([2H])([2H])C1([2H])O. The molecule has 0 aromatic carbocycles. The van der Waals surface area contributed by atoms with E-state index >= 15 is 0 Å². The van der Waals surface area contributed by atoms with Crippen LogP contribution in [0.15, 0.2) is 6.07 Å². The van der Waals surface area contributed by atoms with Gasteiger partial charge in [-0.1, -0.05) is 18.8 Å². The molecule has 1 amide bonds. The molecule has 0 saturated heterocycles. The average Bonchev–Trinajstić information content (AvgIpc) is 3.19. The summed E-state index contributed by atoms with van der Waals surface area (Å²) >= 11 is 1.07. The molecule has 0 spiro atoms. The average molecular weight is 465 g/mol. The van der Waals surface area contributed by atoms with Gasteiger partial charge in [0.1, 0.15) is 4.88 Å².